The standard InChI is InChI=1S/C38H31N3O5S/c1-25-15-18-30(38(45)46)22-33(25)40-35(42)24-47-32-14-8-13-31(23-32)39-37(44)34(41-36(43)29-11-6-3-7-12-29)21-26-16-19-28(20-17-26)27-9-4-2-5-10-27/h2-23H,24H2,1H3,(H,39,44)(H,40,42)(H,41,43)(H,45,46)/b34-21+. The summed E-state index contributed by atoms with van der Waals surface area (Å²) in [5.41, 5.74) is 5.02. The lowest BCUT2D eigenvalue weighted by Gasteiger charge is -2.13. The number of benzene rings is 5. The molecule has 8 nitrogen and oxygen atoms in total. The Balaban J connectivity index is 1.29. The second kappa shape index (κ2) is 15.4. The van der Waals surface area contributed by atoms with Crippen LogP contribution in [0.4, 0.5) is 11.4 Å². The number of carbonyl (C=O) groups is 4. The highest BCUT2D eigenvalue weighted by molar-refractivity contribution is 8.00. The van der Waals surface area contributed by atoms with E-state index in [0.717, 1.165) is 27.1 Å². The Morgan fingerprint density at radius 1 is 0.702 bits per heavy atom. The molecule has 3 amide bonds. The van der Waals surface area contributed by atoms with Crippen molar-refractivity contribution in [2.24, 2.45) is 0 Å². The van der Waals surface area contributed by atoms with Crippen molar-refractivity contribution in [1.82, 2.24) is 5.32 Å². The van der Waals surface area contributed by atoms with Crippen molar-refractivity contribution < 1.29 is 24.3 Å². The summed E-state index contributed by atoms with van der Waals surface area (Å²) in [5, 5.41) is 17.6. The van der Waals surface area contributed by atoms with Gasteiger partial charge in [0.25, 0.3) is 11.8 Å². The quantitative estimate of drug-likeness (QED) is 0.0875. The van der Waals surface area contributed by atoms with Crippen LogP contribution < -0.4 is 16.0 Å². The predicted octanol–water partition coefficient (Wildman–Crippen LogP) is 7.50. The van der Waals surface area contributed by atoms with Crippen LogP contribution >= 0.6 is 11.8 Å². The number of rotatable bonds is 11. The number of carboxylic acid groups (broad SMARTS) is 1. The van der Waals surface area contributed by atoms with Crippen LogP contribution in [0.25, 0.3) is 17.2 Å². The summed E-state index contributed by atoms with van der Waals surface area (Å²) in [5.74, 6) is -2.26. The number of carboxylic acids is 1. The van der Waals surface area contributed by atoms with Gasteiger partial charge < -0.3 is 21.1 Å². The molecule has 0 fully saturated rings. The molecule has 0 spiro atoms. The van der Waals surface area contributed by atoms with E-state index in [0.29, 0.717) is 16.9 Å². The molecule has 0 aliphatic rings. The van der Waals surface area contributed by atoms with Gasteiger partial charge in [-0.1, -0.05) is 84.9 Å². The molecule has 0 saturated carbocycles. The molecular weight excluding hydrogens is 611 g/mol. The molecule has 0 heterocycles. The van der Waals surface area contributed by atoms with E-state index in [-0.39, 0.29) is 22.9 Å². The maximum atomic E-state index is 13.6. The van der Waals surface area contributed by atoms with Crippen molar-refractivity contribution >= 4 is 52.9 Å². The summed E-state index contributed by atoms with van der Waals surface area (Å²) >= 11 is 1.26. The molecule has 9 heteroatoms. The summed E-state index contributed by atoms with van der Waals surface area (Å²) in [7, 11) is 0. The first-order valence-corrected chi connectivity index (χ1v) is 15.7. The van der Waals surface area contributed by atoms with Crippen molar-refractivity contribution in [3.63, 3.8) is 0 Å². The molecule has 0 aliphatic heterocycles. The van der Waals surface area contributed by atoms with Crippen LogP contribution in [0.5, 0.6) is 0 Å². The van der Waals surface area contributed by atoms with Gasteiger partial charge in [0, 0.05) is 21.8 Å². The van der Waals surface area contributed by atoms with Gasteiger partial charge in [0.05, 0.1) is 11.3 Å². The number of anilines is 2. The van der Waals surface area contributed by atoms with E-state index < -0.39 is 17.8 Å². The third kappa shape index (κ3) is 9.06. The number of hydrogen-bond donors (Lipinski definition) is 4. The Kier molecular flexibility index (Phi) is 10.6. The van der Waals surface area contributed by atoms with Gasteiger partial charge in [-0.05, 0) is 77.7 Å². The highest BCUT2D eigenvalue weighted by Crippen LogP contribution is 2.24. The first-order valence-electron chi connectivity index (χ1n) is 14.7. The van der Waals surface area contributed by atoms with Gasteiger partial charge >= 0.3 is 5.97 Å². The fraction of sp³-hybridized carbons (Fsp3) is 0.0526. The molecule has 47 heavy (non-hydrogen) atoms. The van der Waals surface area contributed by atoms with Crippen molar-refractivity contribution in [3.8, 4) is 11.1 Å². The number of thioether (sulfide) groups is 1. The van der Waals surface area contributed by atoms with Crippen molar-refractivity contribution in [2.75, 3.05) is 16.4 Å². The maximum absolute atomic E-state index is 13.6. The molecule has 0 saturated heterocycles. The molecule has 5 aromatic rings. The van der Waals surface area contributed by atoms with Gasteiger partial charge in [-0.3, -0.25) is 14.4 Å². The van der Waals surface area contributed by atoms with Gasteiger partial charge in [-0.25, -0.2) is 4.79 Å². The zero-order chi connectivity index (χ0) is 33.2. The number of carbonyl (C=O) groups excluding carboxylic acids is 3. The Morgan fingerprint density at radius 3 is 2.09 bits per heavy atom. The minimum atomic E-state index is -1.08. The summed E-state index contributed by atoms with van der Waals surface area (Å²) in [4.78, 5) is 51.3. The minimum Gasteiger partial charge on any atom is -0.478 e. The molecule has 0 radical (unpaired) electrons. The maximum Gasteiger partial charge on any atom is 0.335 e. The van der Waals surface area contributed by atoms with E-state index in [4.69, 9.17) is 0 Å². The average Bonchev–Trinajstić information content (AvgIpc) is 3.09. The highest BCUT2D eigenvalue weighted by atomic mass is 32.2. The van der Waals surface area contributed by atoms with Gasteiger partial charge in [-0.15, -0.1) is 11.8 Å². The Hall–Kier alpha value is -5.93. The van der Waals surface area contributed by atoms with Crippen molar-refractivity contribution in [1.29, 1.82) is 0 Å². The molecule has 5 aromatic carbocycles. The highest BCUT2D eigenvalue weighted by Gasteiger charge is 2.16. The van der Waals surface area contributed by atoms with E-state index in [1.807, 2.05) is 60.7 Å². The van der Waals surface area contributed by atoms with Crippen LogP contribution in [0.15, 0.2) is 138 Å². The molecule has 0 aliphatic carbocycles. The van der Waals surface area contributed by atoms with Crippen LogP contribution in [-0.2, 0) is 9.59 Å². The molecule has 0 unspecified atom stereocenters. The number of aryl methyl sites for hydroxylation is 1. The van der Waals surface area contributed by atoms with Crippen molar-refractivity contribution in [3.05, 3.63) is 155 Å². The lowest BCUT2D eigenvalue weighted by molar-refractivity contribution is -0.114. The zero-order valence-corrected chi connectivity index (χ0v) is 26.2. The molecule has 4 N–H and O–H groups in total. The minimum absolute atomic E-state index is 0.0581. The molecule has 0 aromatic heterocycles. The van der Waals surface area contributed by atoms with Gasteiger partial charge in [0.2, 0.25) is 5.91 Å². The Labute approximate surface area is 276 Å². The van der Waals surface area contributed by atoms with E-state index >= 15 is 0 Å². The van der Waals surface area contributed by atoms with Crippen LogP contribution in [-0.4, -0.2) is 34.6 Å². The second-order valence-corrected chi connectivity index (χ2v) is 11.6. The predicted molar refractivity (Wildman–Crippen MR) is 186 cm³/mol. The largest absolute Gasteiger partial charge is 0.478 e. The smallest absolute Gasteiger partial charge is 0.335 e. The first kappa shape index (κ1) is 32.5. The third-order valence-corrected chi connectivity index (χ3v) is 8.07. The summed E-state index contributed by atoms with van der Waals surface area (Å²) in [6, 6.07) is 37.8. The third-order valence-electron chi connectivity index (χ3n) is 7.08. The van der Waals surface area contributed by atoms with E-state index in [2.05, 4.69) is 16.0 Å². The van der Waals surface area contributed by atoms with Crippen molar-refractivity contribution in [2.45, 2.75) is 11.8 Å². The second-order valence-electron chi connectivity index (χ2n) is 10.5. The summed E-state index contributed by atoms with van der Waals surface area (Å²) in [6.45, 7) is 1.78. The average molecular weight is 642 g/mol. The Morgan fingerprint density at radius 2 is 1.38 bits per heavy atom. The molecule has 0 bridgehead atoms. The first-order chi connectivity index (χ1) is 22.7. The van der Waals surface area contributed by atoms with Gasteiger partial charge in [-0.2, -0.15) is 0 Å². The number of nitrogens with one attached hydrogen (secondary N) is 3. The monoisotopic (exact) mass is 641 g/mol. The van der Waals surface area contributed by atoms with E-state index in [1.165, 1.54) is 23.9 Å². The van der Waals surface area contributed by atoms with Crippen LogP contribution in [0.3, 0.4) is 0 Å². The molecule has 0 atom stereocenters. The number of aromatic carboxylic acids is 1. The lowest BCUT2D eigenvalue weighted by Crippen LogP contribution is -2.30. The topological polar surface area (TPSA) is 125 Å². The van der Waals surface area contributed by atoms with Crippen LogP contribution in [0.2, 0.25) is 0 Å². The number of hydrogen-bond acceptors (Lipinski definition) is 5. The summed E-state index contributed by atoms with van der Waals surface area (Å²) in [6.07, 6.45) is 1.62. The van der Waals surface area contributed by atoms with Crippen LogP contribution in [0.1, 0.15) is 31.8 Å². The van der Waals surface area contributed by atoms with E-state index in [1.54, 1.807) is 67.6 Å². The molecule has 5 rings (SSSR count). The van der Waals surface area contributed by atoms with Gasteiger partial charge in [0.15, 0.2) is 0 Å². The normalized spacial score (nSPS) is 11.0. The lowest BCUT2D eigenvalue weighted by atomic mass is 10.0. The van der Waals surface area contributed by atoms with E-state index in [9.17, 15) is 24.3 Å². The SMILES string of the molecule is Cc1ccc(C(=O)O)cc1NC(=O)CSc1cccc(NC(=O)/C(=C\c2ccc(-c3ccccc3)cc2)NC(=O)c2ccccc2)c1. The zero-order valence-electron chi connectivity index (χ0n) is 25.4. The molecule has 234 valence electrons. The van der Waals surface area contributed by atoms with Crippen LogP contribution in [0, 0.1) is 6.92 Å². The Bertz CT molecular complexity index is 1940. The molecular formula is C38H31N3O5S. The fourth-order valence-corrected chi connectivity index (χ4v) is 5.35. The van der Waals surface area contributed by atoms with Gasteiger partial charge in [0.1, 0.15) is 5.70 Å². The summed E-state index contributed by atoms with van der Waals surface area (Å²) < 4.78 is 0. The fourth-order valence-electron chi connectivity index (χ4n) is 4.60. The number of amides is 3.